The SMILES string of the molecule is CCCN(c1ccc(CBr)cc1Cl)C(C)C. The molecule has 1 nitrogen and oxygen atoms in total. The number of hydrogen-bond donors (Lipinski definition) is 0. The van der Waals surface area contributed by atoms with E-state index in [0.29, 0.717) is 6.04 Å². The van der Waals surface area contributed by atoms with E-state index >= 15 is 0 Å². The summed E-state index contributed by atoms with van der Waals surface area (Å²) in [6.45, 7) is 7.63. The fraction of sp³-hybridized carbons (Fsp3) is 0.538. The molecule has 0 aliphatic rings. The summed E-state index contributed by atoms with van der Waals surface area (Å²) in [4.78, 5) is 2.35. The lowest BCUT2D eigenvalue weighted by atomic mass is 10.2. The molecule has 0 N–H and O–H groups in total. The maximum absolute atomic E-state index is 6.32. The van der Waals surface area contributed by atoms with Crippen molar-refractivity contribution in [1.29, 1.82) is 0 Å². The highest BCUT2D eigenvalue weighted by molar-refractivity contribution is 9.08. The molecule has 0 saturated heterocycles. The molecule has 1 aromatic carbocycles. The predicted octanol–water partition coefficient (Wildman–Crippen LogP) is 4.86. The minimum atomic E-state index is 0.479. The second-order valence-electron chi connectivity index (χ2n) is 4.21. The predicted molar refractivity (Wildman–Crippen MR) is 76.9 cm³/mol. The van der Waals surface area contributed by atoms with Crippen LogP contribution in [0.1, 0.15) is 32.8 Å². The summed E-state index contributed by atoms with van der Waals surface area (Å²) < 4.78 is 0. The largest absolute Gasteiger partial charge is 0.368 e. The van der Waals surface area contributed by atoms with Crippen LogP contribution in [0.3, 0.4) is 0 Å². The normalized spacial score (nSPS) is 10.9. The smallest absolute Gasteiger partial charge is 0.0642 e. The molecule has 0 fully saturated rings. The van der Waals surface area contributed by atoms with Crippen LogP contribution >= 0.6 is 27.5 Å². The van der Waals surface area contributed by atoms with Gasteiger partial charge in [-0.3, -0.25) is 0 Å². The van der Waals surface area contributed by atoms with E-state index in [2.05, 4.69) is 53.7 Å². The Morgan fingerprint density at radius 1 is 1.38 bits per heavy atom. The zero-order valence-corrected chi connectivity index (χ0v) is 12.5. The third-order valence-corrected chi connectivity index (χ3v) is 3.51. The van der Waals surface area contributed by atoms with Crippen LogP contribution in [0.4, 0.5) is 5.69 Å². The van der Waals surface area contributed by atoms with E-state index < -0.39 is 0 Å². The molecule has 0 aromatic heterocycles. The monoisotopic (exact) mass is 303 g/mol. The molecule has 16 heavy (non-hydrogen) atoms. The van der Waals surface area contributed by atoms with Crippen molar-refractivity contribution < 1.29 is 0 Å². The van der Waals surface area contributed by atoms with Gasteiger partial charge >= 0.3 is 0 Å². The summed E-state index contributed by atoms with van der Waals surface area (Å²) in [6.07, 6.45) is 1.13. The molecule has 90 valence electrons. The van der Waals surface area contributed by atoms with E-state index in [-0.39, 0.29) is 0 Å². The molecular formula is C13H19BrClN. The maximum Gasteiger partial charge on any atom is 0.0642 e. The fourth-order valence-corrected chi connectivity index (χ4v) is 2.42. The van der Waals surface area contributed by atoms with E-state index in [1.54, 1.807) is 0 Å². The van der Waals surface area contributed by atoms with Crippen molar-refractivity contribution in [1.82, 2.24) is 0 Å². The highest BCUT2D eigenvalue weighted by Crippen LogP contribution is 2.29. The summed E-state index contributed by atoms with van der Waals surface area (Å²) in [7, 11) is 0. The van der Waals surface area contributed by atoms with Gasteiger partial charge in [0, 0.05) is 17.9 Å². The molecule has 0 unspecified atom stereocenters. The van der Waals surface area contributed by atoms with E-state index in [4.69, 9.17) is 11.6 Å². The lowest BCUT2D eigenvalue weighted by Crippen LogP contribution is -2.31. The highest BCUT2D eigenvalue weighted by atomic mass is 79.9. The quantitative estimate of drug-likeness (QED) is 0.702. The van der Waals surface area contributed by atoms with Crippen molar-refractivity contribution in [3.05, 3.63) is 28.8 Å². The summed E-state index contributed by atoms with van der Waals surface area (Å²) in [5.74, 6) is 0. The molecule has 0 bridgehead atoms. The standard InChI is InChI=1S/C13H19BrClN/c1-4-7-16(10(2)3)13-6-5-11(9-14)8-12(13)15/h5-6,8,10H,4,7,9H2,1-3H3. The van der Waals surface area contributed by atoms with Gasteiger partial charge in [0.2, 0.25) is 0 Å². The van der Waals surface area contributed by atoms with Gasteiger partial charge in [-0.25, -0.2) is 0 Å². The van der Waals surface area contributed by atoms with Crippen molar-refractivity contribution in [2.24, 2.45) is 0 Å². The Morgan fingerprint density at radius 2 is 2.06 bits per heavy atom. The first-order valence-corrected chi connectivity index (χ1v) is 7.21. The number of halogens is 2. The van der Waals surface area contributed by atoms with Crippen LogP contribution in [0.2, 0.25) is 5.02 Å². The van der Waals surface area contributed by atoms with Crippen molar-refractivity contribution in [3.8, 4) is 0 Å². The third kappa shape index (κ3) is 3.39. The van der Waals surface area contributed by atoms with E-state index in [1.807, 2.05) is 6.07 Å². The number of benzene rings is 1. The van der Waals surface area contributed by atoms with Crippen molar-refractivity contribution in [2.45, 2.75) is 38.6 Å². The first-order valence-electron chi connectivity index (χ1n) is 5.71. The first kappa shape index (κ1) is 13.9. The Balaban J connectivity index is 3.00. The summed E-state index contributed by atoms with van der Waals surface area (Å²) in [5, 5.41) is 1.70. The Hall–Kier alpha value is -0.210. The number of hydrogen-bond acceptors (Lipinski definition) is 1. The average molecular weight is 305 g/mol. The molecule has 0 heterocycles. The number of anilines is 1. The van der Waals surface area contributed by atoms with Crippen molar-refractivity contribution in [2.75, 3.05) is 11.4 Å². The van der Waals surface area contributed by atoms with Gasteiger partial charge in [0.15, 0.2) is 0 Å². The first-order chi connectivity index (χ1) is 7.60. The Labute approximate surface area is 112 Å². The van der Waals surface area contributed by atoms with Gasteiger partial charge in [-0.05, 0) is 38.0 Å². The molecule has 1 rings (SSSR count). The molecule has 0 radical (unpaired) electrons. The van der Waals surface area contributed by atoms with Crippen LogP contribution in [0.5, 0.6) is 0 Å². The van der Waals surface area contributed by atoms with Crippen molar-refractivity contribution in [3.63, 3.8) is 0 Å². The van der Waals surface area contributed by atoms with Crippen LogP contribution in [-0.4, -0.2) is 12.6 Å². The third-order valence-electron chi connectivity index (χ3n) is 2.56. The highest BCUT2D eigenvalue weighted by Gasteiger charge is 2.12. The number of alkyl halides is 1. The van der Waals surface area contributed by atoms with Gasteiger partial charge in [0.05, 0.1) is 10.7 Å². The number of nitrogens with zero attached hydrogens (tertiary/aromatic N) is 1. The van der Waals surface area contributed by atoms with Crippen LogP contribution in [0.15, 0.2) is 18.2 Å². The Bertz CT molecular complexity index is 339. The molecule has 3 heteroatoms. The maximum atomic E-state index is 6.32. The fourth-order valence-electron chi connectivity index (χ4n) is 1.76. The molecule has 0 aliphatic heterocycles. The lowest BCUT2D eigenvalue weighted by Gasteiger charge is -2.29. The minimum Gasteiger partial charge on any atom is -0.368 e. The van der Waals surface area contributed by atoms with Gasteiger partial charge in [-0.15, -0.1) is 0 Å². The molecule has 0 amide bonds. The lowest BCUT2D eigenvalue weighted by molar-refractivity contribution is 0.671. The van der Waals surface area contributed by atoms with Gasteiger partial charge < -0.3 is 4.90 Å². The molecule has 0 spiro atoms. The van der Waals surface area contributed by atoms with Gasteiger partial charge in [0.25, 0.3) is 0 Å². The zero-order valence-electron chi connectivity index (χ0n) is 10.1. The topological polar surface area (TPSA) is 3.24 Å². The molecule has 0 atom stereocenters. The Morgan fingerprint density at radius 3 is 2.50 bits per heavy atom. The summed E-state index contributed by atoms with van der Waals surface area (Å²) >= 11 is 9.76. The zero-order chi connectivity index (χ0) is 12.1. The molecular weight excluding hydrogens is 286 g/mol. The van der Waals surface area contributed by atoms with Gasteiger partial charge in [-0.1, -0.05) is 40.5 Å². The van der Waals surface area contributed by atoms with Gasteiger partial charge in [0.1, 0.15) is 0 Å². The average Bonchev–Trinajstić information content (AvgIpc) is 2.26. The Kier molecular flexibility index (Phi) is 5.63. The second kappa shape index (κ2) is 6.51. The number of rotatable bonds is 5. The van der Waals surface area contributed by atoms with Crippen LogP contribution < -0.4 is 4.90 Å². The molecule has 0 aliphatic carbocycles. The van der Waals surface area contributed by atoms with Crippen LogP contribution in [0.25, 0.3) is 0 Å². The van der Waals surface area contributed by atoms with Crippen LogP contribution in [0, 0.1) is 0 Å². The van der Waals surface area contributed by atoms with Crippen LogP contribution in [-0.2, 0) is 5.33 Å². The second-order valence-corrected chi connectivity index (χ2v) is 5.17. The minimum absolute atomic E-state index is 0.479. The van der Waals surface area contributed by atoms with E-state index in [1.165, 1.54) is 5.56 Å². The van der Waals surface area contributed by atoms with Gasteiger partial charge in [-0.2, -0.15) is 0 Å². The van der Waals surface area contributed by atoms with E-state index in [0.717, 1.165) is 29.0 Å². The van der Waals surface area contributed by atoms with Crippen molar-refractivity contribution >= 4 is 33.2 Å². The summed E-state index contributed by atoms with van der Waals surface area (Å²) in [5.41, 5.74) is 2.36. The summed E-state index contributed by atoms with van der Waals surface area (Å²) in [6, 6.07) is 6.76. The molecule has 1 aromatic rings. The van der Waals surface area contributed by atoms with E-state index in [9.17, 15) is 0 Å². The molecule has 0 saturated carbocycles.